The standard InChI is InChI=1S/3C2H4.ClH/c3*1-2;/h3*1-2H2;1H. The third-order valence-corrected chi connectivity index (χ3v) is 0. The monoisotopic (exact) mass is 120 g/mol. The van der Waals surface area contributed by atoms with Gasteiger partial charge in [-0.1, -0.05) is 0 Å². The Morgan fingerprint density at radius 2 is 0.429 bits per heavy atom. The lowest BCUT2D eigenvalue weighted by molar-refractivity contribution is 2.81. The summed E-state index contributed by atoms with van der Waals surface area (Å²) < 4.78 is 0. The van der Waals surface area contributed by atoms with Crippen LogP contribution in [0.3, 0.4) is 0 Å². The van der Waals surface area contributed by atoms with Crippen LogP contribution < -0.4 is 0 Å². The van der Waals surface area contributed by atoms with Crippen LogP contribution in [0.4, 0.5) is 0 Å². The highest BCUT2D eigenvalue weighted by Gasteiger charge is 0.605. The molecule has 0 nitrogen and oxygen atoms in total. The molecule has 0 unspecified atom stereocenters. The summed E-state index contributed by atoms with van der Waals surface area (Å²) in [5, 5.41) is 0. The van der Waals surface area contributed by atoms with Crippen LogP contribution in [-0.2, 0) is 0 Å². The van der Waals surface area contributed by atoms with E-state index in [2.05, 4.69) is 39.5 Å². The molecule has 0 rings (SSSR count). The van der Waals surface area contributed by atoms with Crippen molar-refractivity contribution in [2.45, 2.75) is 0 Å². The molecule has 0 amide bonds. The van der Waals surface area contributed by atoms with E-state index in [4.69, 9.17) is 0 Å². The number of hydrogen-bond acceptors (Lipinski definition) is 0. The molecule has 0 saturated heterocycles. The van der Waals surface area contributed by atoms with Crippen molar-refractivity contribution in [3.8, 4) is 0 Å². The number of halogens is 1. The lowest BCUT2D eigenvalue weighted by atomic mass is 11.3. The molecule has 44 valence electrons. The molecule has 0 radical (unpaired) electrons. The second-order valence-electron chi connectivity index (χ2n) is 0. The van der Waals surface area contributed by atoms with Crippen LogP contribution in [0.2, 0.25) is 0 Å². The van der Waals surface area contributed by atoms with Crippen LogP contribution in [0, 0.1) is 0 Å². The fraction of sp³-hybridized carbons (Fsp3) is 0. The molecule has 0 aromatic heterocycles. The van der Waals surface area contributed by atoms with Gasteiger partial charge < -0.3 is 0 Å². The van der Waals surface area contributed by atoms with Gasteiger partial charge in [-0.25, -0.2) is 0 Å². The van der Waals surface area contributed by atoms with Gasteiger partial charge in [0.15, 0.2) is 0 Å². The summed E-state index contributed by atoms with van der Waals surface area (Å²) in [4.78, 5) is 0. The molecule has 0 spiro atoms. The van der Waals surface area contributed by atoms with E-state index in [-0.39, 0.29) is 12.4 Å². The Morgan fingerprint density at radius 3 is 0.429 bits per heavy atom. The molecule has 0 aromatic carbocycles. The number of rotatable bonds is 0. The van der Waals surface area contributed by atoms with Crippen molar-refractivity contribution in [1.82, 2.24) is 0 Å². The molecule has 0 fully saturated rings. The molecule has 0 aliphatic carbocycles. The van der Waals surface area contributed by atoms with Gasteiger partial charge in [0.05, 0.1) is 0 Å². The van der Waals surface area contributed by atoms with Crippen LogP contribution in [0.25, 0.3) is 0 Å². The van der Waals surface area contributed by atoms with Gasteiger partial charge in [-0.3, -0.25) is 0 Å². The second kappa shape index (κ2) is 467. The molecular formula is C6H13Cl. The lowest BCUT2D eigenvalue weighted by Gasteiger charge is -0.813. The molecular weight excluding hydrogens is 108 g/mol. The van der Waals surface area contributed by atoms with E-state index in [1.807, 2.05) is 0 Å². The third kappa shape index (κ3) is 283. The highest BCUT2D eigenvalue weighted by Crippen LogP contribution is 0.866. The van der Waals surface area contributed by atoms with E-state index in [1.165, 1.54) is 0 Å². The molecule has 0 N–H and O–H groups in total. The van der Waals surface area contributed by atoms with Gasteiger partial charge in [-0.05, 0) is 0 Å². The van der Waals surface area contributed by atoms with Gasteiger partial charge in [0.1, 0.15) is 0 Å². The Bertz CT molecular complexity index is 8.90. The van der Waals surface area contributed by atoms with Gasteiger partial charge >= 0.3 is 0 Å². The van der Waals surface area contributed by atoms with Crippen LogP contribution in [0.1, 0.15) is 0 Å². The molecule has 1 heteroatoms. The SMILES string of the molecule is C=C.C=C.C=C.Cl. The van der Waals surface area contributed by atoms with Gasteiger partial charge in [-0.15, -0.1) is 51.9 Å². The molecule has 0 aromatic rings. The first-order chi connectivity index (χ1) is 3.00. The van der Waals surface area contributed by atoms with Crippen molar-refractivity contribution in [3.05, 3.63) is 39.5 Å². The Morgan fingerprint density at radius 1 is 0.429 bits per heavy atom. The summed E-state index contributed by atoms with van der Waals surface area (Å²) >= 11 is 0. The Balaban J connectivity index is -0.00000000900. The van der Waals surface area contributed by atoms with Crippen molar-refractivity contribution in [3.63, 3.8) is 0 Å². The zero-order valence-electron chi connectivity index (χ0n) is 4.65. The summed E-state index contributed by atoms with van der Waals surface area (Å²) in [6.07, 6.45) is 0. The Kier molecular flexibility index (Phi) is 2090. The highest BCUT2D eigenvalue weighted by molar-refractivity contribution is 5.85. The van der Waals surface area contributed by atoms with Gasteiger partial charge in [0, 0.05) is 0 Å². The van der Waals surface area contributed by atoms with Crippen LogP contribution in [0.15, 0.2) is 39.5 Å². The Hall–Kier alpha value is -0.490. The fourth-order valence-electron chi connectivity index (χ4n) is 0. The smallest absolute Gasteiger partial charge is 0.106 e. The first kappa shape index (κ1) is 31.4. The Labute approximate surface area is 52.7 Å². The van der Waals surface area contributed by atoms with Gasteiger partial charge in [0.2, 0.25) is 0 Å². The highest BCUT2D eigenvalue weighted by atomic mass is 35.5. The summed E-state index contributed by atoms with van der Waals surface area (Å²) in [7, 11) is 0. The van der Waals surface area contributed by atoms with Crippen molar-refractivity contribution in [2.75, 3.05) is 0 Å². The largest absolute Gasteiger partial charge is 0.147 e. The summed E-state index contributed by atoms with van der Waals surface area (Å²) in [6.45, 7) is 18.0. The van der Waals surface area contributed by atoms with Crippen molar-refractivity contribution < 1.29 is 0 Å². The minimum atomic E-state index is 0. The van der Waals surface area contributed by atoms with E-state index in [1.54, 1.807) is 0 Å². The predicted molar refractivity (Wildman–Crippen MR) is 41.0 cm³/mol. The van der Waals surface area contributed by atoms with Crippen LogP contribution >= 0.6 is 12.4 Å². The third-order valence-electron chi connectivity index (χ3n) is 0. The average molecular weight is 121 g/mol. The van der Waals surface area contributed by atoms with E-state index >= 15 is 0 Å². The van der Waals surface area contributed by atoms with E-state index in [9.17, 15) is 0 Å². The minimum absolute atomic E-state index is 0. The lowest BCUT2D eigenvalue weighted by Crippen LogP contribution is -0.552. The van der Waals surface area contributed by atoms with Crippen molar-refractivity contribution in [2.24, 2.45) is 0 Å². The summed E-state index contributed by atoms with van der Waals surface area (Å²) in [5.41, 5.74) is 0. The van der Waals surface area contributed by atoms with E-state index in [0.29, 0.717) is 0 Å². The normalized spacial score (nSPS) is 1.71. The minimum Gasteiger partial charge on any atom is -0.147 e. The average Bonchev–Trinajstić information content (AvgIpc) is 1.81. The molecule has 0 aliphatic rings. The fourth-order valence-corrected chi connectivity index (χ4v) is 0. The van der Waals surface area contributed by atoms with Crippen LogP contribution in [-0.4, -0.2) is 0 Å². The first-order valence-electron chi connectivity index (χ1n) is 1.50. The number of hydrogen-bond donors (Lipinski definition) is 0. The molecule has 0 aliphatic heterocycles. The van der Waals surface area contributed by atoms with Crippen LogP contribution in [0.5, 0.6) is 0 Å². The molecule has 0 atom stereocenters. The maximum Gasteiger partial charge on any atom is -0.106 e. The zero-order valence-corrected chi connectivity index (χ0v) is 5.47. The molecule has 0 bridgehead atoms. The van der Waals surface area contributed by atoms with Crippen molar-refractivity contribution >= 4 is 12.4 Å². The quantitative estimate of drug-likeness (QED) is 0.432. The van der Waals surface area contributed by atoms with Crippen molar-refractivity contribution in [1.29, 1.82) is 0 Å². The maximum absolute atomic E-state index is 3.00. The molecule has 0 heterocycles. The summed E-state index contributed by atoms with van der Waals surface area (Å²) in [5.74, 6) is 0. The second-order valence-corrected chi connectivity index (χ2v) is 0. The van der Waals surface area contributed by atoms with E-state index in [0.717, 1.165) is 0 Å². The van der Waals surface area contributed by atoms with Gasteiger partial charge in [-0.2, -0.15) is 0 Å². The predicted octanol–water partition coefficient (Wildman–Crippen LogP) is 2.83. The van der Waals surface area contributed by atoms with E-state index < -0.39 is 0 Å². The topological polar surface area (TPSA) is 0 Å². The zero-order chi connectivity index (χ0) is 6.00. The van der Waals surface area contributed by atoms with Gasteiger partial charge in [0.25, 0.3) is 0 Å². The summed E-state index contributed by atoms with van der Waals surface area (Å²) in [6, 6.07) is 0. The first-order valence-corrected chi connectivity index (χ1v) is 1.50. The maximum atomic E-state index is 3.00. The molecule has 0 saturated carbocycles. The molecule has 7 heavy (non-hydrogen) atoms.